The van der Waals surface area contributed by atoms with Crippen LogP contribution in [-0.4, -0.2) is 9.13 Å². The summed E-state index contributed by atoms with van der Waals surface area (Å²) in [6.45, 7) is 0. The van der Waals surface area contributed by atoms with Crippen LogP contribution in [0.15, 0.2) is 97.1 Å². The van der Waals surface area contributed by atoms with E-state index in [1.165, 1.54) is 153 Å². The molecule has 5 nitrogen and oxygen atoms in total. The van der Waals surface area contributed by atoms with E-state index in [4.69, 9.17) is 4.74 Å². The largest absolute Gasteiger partial charge is 0.404 e. The Bertz CT molecular complexity index is 2970. The van der Waals surface area contributed by atoms with Crippen molar-refractivity contribution >= 4 is 43.6 Å². The summed E-state index contributed by atoms with van der Waals surface area (Å²) >= 11 is 0. The molecule has 14 rings (SSSR count). The third kappa shape index (κ3) is 2.91. The summed E-state index contributed by atoms with van der Waals surface area (Å²) in [4.78, 5) is 0. The number of nitrogens with zero attached hydrogens (tertiary/aromatic N) is 4. The summed E-state index contributed by atoms with van der Waals surface area (Å²) in [6.07, 6.45) is 13.1. The molecule has 2 saturated carbocycles. The molecule has 4 aliphatic heterocycles. The van der Waals surface area contributed by atoms with E-state index < -0.39 is 5.66 Å². The van der Waals surface area contributed by atoms with Gasteiger partial charge in [0, 0.05) is 33.7 Å². The first-order valence-electron chi connectivity index (χ1n) is 19.8. The van der Waals surface area contributed by atoms with E-state index in [2.05, 4.69) is 115 Å². The highest BCUT2D eigenvalue weighted by Crippen LogP contribution is 2.59. The maximum atomic E-state index is 7.24. The van der Waals surface area contributed by atoms with Crippen LogP contribution in [0.1, 0.15) is 98.3 Å². The Labute approximate surface area is 301 Å². The first kappa shape index (κ1) is 27.3. The van der Waals surface area contributed by atoms with Gasteiger partial charge in [0.2, 0.25) is 5.69 Å². The van der Waals surface area contributed by atoms with E-state index in [1.54, 1.807) is 0 Å². The molecule has 8 heterocycles. The molecule has 8 aromatic rings. The molecule has 52 heavy (non-hydrogen) atoms. The molecule has 2 fully saturated rings. The number of fused-ring (bicyclic) bond motifs is 9. The third-order valence-electron chi connectivity index (χ3n) is 14.2. The summed E-state index contributed by atoms with van der Waals surface area (Å²) in [5.41, 5.74) is 14.1. The van der Waals surface area contributed by atoms with Crippen molar-refractivity contribution in [2.24, 2.45) is 0 Å². The first-order valence-corrected chi connectivity index (χ1v) is 19.8. The van der Waals surface area contributed by atoms with E-state index in [0.29, 0.717) is 11.8 Å². The quantitative estimate of drug-likeness (QED) is 0.168. The molecule has 0 amide bonds. The predicted octanol–water partition coefficient (Wildman–Crippen LogP) is 10.6. The minimum Gasteiger partial charge on any atom is -0.404 e. The smallest absolute Gasteiger partial charge is 0.378 e. The Morgan fingerprint density at radius 3 is 1.87 bits per heavy atom. The molecule has 4 aromatic carbocycles. The van der Waals surface area contributed by atoms with Gasteiger partial charge in [-0.25, -0.2) is 0 Å². The highest BCUT2D eigenvalue weighted by Gasteiger charge is 2.71. The lowest BCUT2D eigenvalue weighted by Gasteiger charge is -2.37. The average Bonchev–Trinajstić information content (AvgIpc) is 3.83. The fraction of sp³-hybridized carbons (Fsp3) is 0.277. The van der Waals surface area contributed by atoms with Crippen molar-refractivity contribution in [3.8, 4) is 34.5 Å². The first-order chi connectivity index (χ1) is 25.8. The minimum atomic E-state index is -0.623. The van der Waals surface area contributed by atoms with Crippen molar-refractivity contribution < 1.29 is 13.9 Å². The van der Waals surface area contributed by atoms with Crippen LogP contribution in [-0.2, 0) is 5.66 Å². The Kier molecular flexibility index (Phi) is 4.79. The van der Waals surface area contributed by atoms with Gasteiger partial charge in [-0.2, -0.15) is 4.57 Å². The molecule has 0 N–H and O–H groups in total. The Morgan fingerprint density at radius 1 is 0.538 bits per heavy atom. The molecular weight excluding hydrogens is 637 g/mol. The van der Waals surface area contributed by atoms with Crippen molar-refractivity contribution in [2.45, 2.75) is 81.7 Å². The summed E-state index contributed by atoms with van der Waals surface area (Å²) < 4.78 is 17.9. The maximum Gasteiger partial charge on any atom is 0.378 e. The number of benzene rings is 4. The third-order valence-corrected chi connectivity index (χ3v) is 14.2. The Hall–Kier alpha value is -5.42. The van der Waals surface area contributed by atoms with Crippen LogP contribution in [0.2, 0.25) is 0 Å². The van der Waals surface area contributed by atoms with E-state index in [1.807, 2.05) is 0 Å². The van der Waals surface area contributed by atoms with Gasteiger partial charge in [0.25, 0.3) is 11.5 Å². The van der Waals surface area contributed by atoms with Gasteiger partial charge in [0.05, 0.1) is 22.8 Å². The number of pyridine rings is 2. The van der Waals surface area contributed by atoms with E-state index in [0.717, 1.165) is 11.6 Å². The molecule has 6 aliphatic rings. The van der Waals surface area contributed by atoms with Crippen LogP contribution in [0.5, 0.6) is 11.6 Å². The van der Waals surface area contributed by atoms with Gasteiger partial charge >= 0.3 is 11.5 Å². The van der Waals surface area contributed by atoms with Crippen molar-refractivity contribution in [3.63, 3.8) is 0 Å². The van der Waals surface area contributed by atoms with E-state index in [-0.39, 0.29) is 0 Å². The highest BCUT2D eigenvalue weighted by molar-refractivity contribution is 6.22. The maximum absolute atomic E-state index is 7.24. The Balaban J connectivity index is 1.26. The predicted molar refractivity (Wildman–Crippen MR) is 204 cm³/mol. The zero-order chi connectivity index (χ0) is 33.4. The lowest BCUT2D eigenvalue weighted by atomic mass is 9.80. The van der Waals surface area contributed by atoms with Crippen molar-refractivity contribution in [3.05, 3.63) is 119 Å². The van der Waals surface area contributed by atoms with Crippen LogP contribution < -0.4 is 13.9 Å². The van der Waals surface area contributed by atoms with Gasteiger partial charge in [0.15, 0.2) is 11.3 Å². The van der Waals surface area contributed by atoms with Crippen molar-refractivity contribution in [1.82, 2.24) is 9.13 Å². The SMILES string of the molecule is c1cc2c3c(c1)-n1c4ccccc4c4cc5c6ccccc6n6c5c(c41)C31[n+]3c(cc(C4CCCCC4)cc3-c3cc(C4CCCCC4)cc-6[n+]31)O2. The van der Waals surface area contributed by atoms with Gasteiger partial charge in [-0.3, -0.25) is 0 Å². The van der Waals surface area contributed by atoms with Crippen molar-refractivity contribution in [2.75, 3.05) is 0 Å². The number of para-hydroxylation sites is 2. The fourth-order valence-electron chi connectivity index (χ4n) is 12.1. The zero-order valence-electron chi connectivity index (χ0n) is 29.2. The zero-order valence-corrected chi connectivity index (χ0v) is 29.2. The summed E-state index contributed by atoms with van der Waals surface area (Å²) in [5.74, 6) is 4.41. The second-order valence-electron chi connectivity index (χ2n) is 16.6. The summed E-state index contributed by atoms with van der Waals surface area (Å²) in [5, 5.41) is 5.30. The lowest BCUT2D eigenvalue weighted by Crippen LogP contribution is -2.75. The van der Waals surface area contributed by atoms with Gasteiger partial charge in [0.1, 0.15) is 16.6 Å². The van der Waals surface area contributed by atoms with Crippen LogP contribution in [0.4, 0.5) is 0 Å². The van der Waals surface area contributed by atoms with Gasteiger partial charge in [-0.1, -0.05) is 74.9 Å². The molecule has 0 saturated heterocycles. The van der Waals surface area contributed by atoms with Gasteiger partial charge in [-0.15, -0.1) is 9.13 Å². The second kappa shape index (κ2) is 9.14. The molecule has 5 heteroatoms. The molecule has 0 bridgehead atoms. The second-order valence-corrected chi connectivity index (χ2v) is 16.6. The molecule has 1 unspecified atom stereocenters. The van der Waals surface area contributed by atoms with Gasteiger partial charge < -0.3 is 9.30 Å². The van der Waals surface area contributed by atoms with E-state index >= 15 is 0 Å². The molecular formula is C47H38N4O+2. The number of ether oxygens (including phenoxy) is 1. The highest BCUT2D eigenvalue weighted by atomic mass is 16.5. The number of hydrogen-bond donors (Lipinski definition) is 0. The average molecular weight is 675 g/mol. The molecule has 2 aliphatic carbocycles. The normalized spacial score (nSPS) is 20.8. The van der Waals surface area contributed by atoms with Crippen LogP contribution in [0.25, 0.3) is 66.5 Å². The Morgan fingerprint density at radius 2 is 1.15 bits per heavy atom. The molecule has 1 atom stereocenters. The van der Waals surface area contributed by atoms with Crippen LogP contribution in [0.3, 0.4) is 0 Å². The summed E-state index contributed by atoms with van der Waals surface area (Å²) in [6, 6.07) is 37.7. The van der Waals surface area contributed by atoms with Crippen LogP contribution >= 0.6 is 0 Å². The van der Waals surface area contributed by atoms with Crippen LogP contribution in [0, 0.1) is 0 Å². The molecule has 0 radical (unpaired) electrons. The summed E-state index contributed by atoms with van der Waals surface area (Å²) in [7, 11) is 0. The lowest BCUT2D eigenvalue weighted by molar-refractivity contribution is -0.938. The van der Waals surface area contributed by atoms with E-state index in [9.17, 15) is 0 Å². The fourth-order valence-corrected chi connectivity index (χ4v) is 12.1. The number of hydrogen-bond acceptors (Lipinski definition) is 1. The number of aromatic nitrogens is 4. The molecule has 4 aromatic heterocycles. The standard InChI is InChI=1S/C47H38N4O/c1-3-12-27(13-4-1)29-22-38-39-23-30(28-14-5-2-6-15-28)25-42-51(39)47-43-37(20-11-21-40(43)52-42)48-35-18-9-7-16-31(35)33-26-34-32-17-8-10-19-36(32)49(41(24-29)50(38)47)46(34)44(47)45(33)48/h7-11,16-28H,1-6,12-15H2/q+2. The van der Waals surface area contributed by atoms with Crippen molar-refractivity contribution in [1.29, 1.82) is 0 Å². The topological polar surface area (TPSA) is 26.8 Å². The molecule has 250 valence electrons. The monoisotopic (exact) mass is 674 g/mol. The molecule has 1 spiro atoms. The minimum absolute atomic E-state index is 0.574. The van der Waals surface area contributed by atoms with Gasteiger partial charge in [-0.05, 0) is 91.1 Å². The number of rotatable bonds is 2.